The molecule has 1 aromatic carbocycles. The van der Waals surface area contributed by atoms with Crippen LogP contribution >= 0.6 is 11.8 Å². The highest BCUT2D eigenvalue weighted by Crippen LogP contribution is 2.24. The van der Waals surface area contributed by atoms with Gasteiger partial charge in [0.15, 0.2) is 0 Å². The molecule has 0 aliphatic heterocycles. The van der Waals surface area contributed by atoms with Gasteiger partial charge in [0.1, 0.15) is 5.75 Å². The first-order chi connectivity index (χ1) is 7.17. The Hall–Kier alpha value is -1.03. The summed E-state index contributed by atoms with van der Waals surface area (Å²) in [6.45, 7) is 2.14. The number of methoxy groups -OCH3 is 1. The standard InChI is InChI=1S/C11H18N2OS/c1-8(7-15-3)13-11-5-4-9(14-2)6-10(11)12/h4-6,8,13H,7,12H2,1-3H3. The third kappa shape index (κ3) is 3.55. The monoisotopic (exact) mass is 226 g/mol. The van der Waals surface area contributed by atoms with E-state index in [1.807, 2.05) is 30.0 Å². The highest BCUT2D eigenvalue weighted by atomic mass is 32.2. The molecule has 0 saturated carbocycles. The maximum Gasteiger partial charge on any atom is 0.121 e. The number of nitrogen functional groups attached to an aromatic ring is 1. The highest BCUT2D eigenvalue weighted by Gasteiger charge is 2.04. The third-order valence-corrected chi connectivity index (χ3v) is 2.91. The molecule has 0 aliphatic rings. The molecule has 0 aromatic heterocycles. The van der Waals surface area contributed by atoms with Crippen molar-refractivity contribution in [2.24, 2.45) is 0 Å². The zero-order chi connectivity index (χ0) is 11.3. The van der Waals surface area contributed by atoms with Crippen molar-refractivity contribution in [3.05, 3.63) is 18.2 Å². The third-order valence-electron chi connectivity index (χ3n) is 2.08. The predicted molar refractivity (Wildman–Crippen MR) is 68.9 cm³/mol. The number of benzene rings is 1. The van der Waals surface area contributed by atoms with Crippen LogP contribution in [0.3, 0.4) is 0 Å². The lowest BCUT2D eigenvalue weighted by atomic mass is 10.2. The van der Waals surface area contributed by atoms with Crippen molar-refractivity contribution in [1.82, 2.24) is 0 Å². The Labute approximate surface area is 95.4 Å². The molecule has 1 aromatic rings. The smallest absolute Gasteiger partial charge is 0.121 e. The summed E-state index contributed by atoms with van der Waals surface area (Å²) in [7, 11) is 1.64. The van der Waals surface area contributed by atoms with Crippen LogP contribution in [0, 0.1) is 0 Å². The largest absolute Gasteiger partial charge is 0.497 e. The first-order valence-electron chi connectivity index (χ1n) is 4.86. The van der Waals surface area contributed by atoms with Crippen LogP contribution < -0.4 is 15.8 Å². The van der Waals surface area contributed by atoms with Gasteiger partial charge in [0.25, 0.3) is 0 Å². The van der Waals surface area contributed by atoms with E-state index in [1.54, 1.807) is 7.11 Å². The molecule has 3 nitrogen and oxygen atoms in total. The molecule has 4 heteroatoms. The second-order valence-corrected chi connectivity index (χ2v) is 4.36. The number of ether oxygens (including phenoxy) is 1. The van der Waals surface area contributed by atoms with Crippen LogP contribution in [-0.4, -0.2) is 25.2 Å². The van der Waals surface area contributed by atoms with Gasteiger partial charge in [-0.1, -0.05) is 0 Å². The lowest BCUT2D eigenvalue weighted by Gasteiger charge is -2.16. The number of hydrogen-bond donors (Lipinski definition) is 2. The zero-order valence-corrected chi connectivity index (χ0v) is 10.2. The van der Waals surface area contributed by atoms with Gasteiger partial charge >= 0.3 is 0 Å². The van der Waals surface area contributed by atoms with Gasteiger partial charge in [0.05, 0.1) is 18.5 Å². The Balaban J connectivity index is 2.69. The minimum atomic E-state index is 0.413. The van der Waals surface area contributed by atoms with Gasteiger partial charge in [0.2, 0.25) is 0 Å². The molecule has 1 atom stereocenters. The topological polar surface area (TPSA) is 47.3 Å². The number of rotatable bonds is 5. The molecule has 0 amide bonds. The Morgan fingerprint density at radius 3 is 2.80 bits per heavy atom. The summed E-state index contributed by atoms with van der Waals surface area (Å²) < 4.78 is 5.09. The van der Waals surface area contributed by atoms with Gasteiger partial charge in [-0.2, -0.15) is 11.8 Å². The van der Waals surface area contributed by atoms with E-state index in [9.17, 15) is 0 Å². The van der Waals surface area contributed by atoms with Crippen molar-refractivity contribution in [2.45, 2.75) is 13.0 Å². The van der Waals surface area contributed by atoms with Crippen LogP contribution in [0.2, 0.25) is 0 Å². The molecule has 0 saturated heterocycles. The molecule has 15 heavy (non-hydrogen) atoms. The number of hydrogen-bond acceptors (Lipinski definition) is 4. The lowest BCUT2D eigenvalue weighted by molar-refractivity contribution is 0.415. The van der Waals surface area contributed by atoms with Gasteiger partial charge in [-0.15, -0.1) is 0 Å². The Morgan fingerprint density at radius 1 is 1.53 bits per heavy atom. The van der Waals surface area contributed by atoms with E-state index in [2.05, 4.69) is 18.5 Å². The Kier molecular flexibility index (Phi) is 4.62. The molecule has 1 unspecified atom stereocenters. The van der Waals surface area contributed by atoms with E-state index in [0.717, 1.165) is 22.9 Å². The molecule has 1 rings (SSSR count). The van der Waals surface area contributed by atoms with E-state index < -0.39 is 0 Å². The molecule has 0 radical (unpaired) electrons. The van der Waals surface area contributed by atoms with Crippen LogP contribution in [0.1, 0.15) is 6.92 Å². The fraction of sp³-hybridized carbons (Fsp3) is 0.455. The number of nitrogens with two attached hydrogens (primary N) is 1. The minimum absolute atomic E-state index is 0.413. The second-order valence-electron chi connectivity index (χ2n) is 3.45. The molecule has 0 aliphatic carbocycles. The highest BCUT2D eigenvalue weighted by molar-refractivity contribution is 7.98. The van der Waals surface area contributed by atoms with Gasteiger partial charge in [-0.3, -0.25) is 0 Å². The van der Waals surface area contributed by atoms with E-state index in [0.29, 0.717) is 6.04 Å². The number of thioether (sulfide) groups is 1. The van der Waals surface area contributed by atoms with Crippen LogP contribution in [0.25, 0.3) is 0 Å². The van der Waals surface area contributed by atoms with Crippen LogP contribution in [0.5, 0.6) is 5.75 Å². The van der Waals surface area contributed by atoms with Crippen LogP contribution in [0.4, 0.5) is 11.4 Å². The molecular formula is C11H18N2OS. The maximum atomic E-state index is 5.89. The minimum Gasteiger partial charge on any atom is -0.497 e. The summed E-state index contributed by atoms with van der Waals surface area (Å²) in [5.74, 6) is 1.85. The quantitative estimate of drug-likeness (QED) is 0.757. The summed E-state index contributed by atoms with van der Waals surface area (Å²) >= 11 is 1.81. The van der Waals surface area contributed by atoms with Crippen molar-refractivity contribution >= 4 is 23.1 Å². The first kappa shape index (κ1) is 12.0. The van der Waals surface area contributed by atoms with E-state index >= 15 is 0 Å². The van der Waals surface area contributed by atoms with Crippen molar-refractivity contribution in [3.63, 3.8) is 0 Å². The second kappa shape index (κ2) is 5.75. The molecule has 0 fully saturated rings. The molecule has 3 N–H and O–H groups in total. The van der Waals surface area contributed by atoms with Crippen LogP contribution in [-0.2, 0) is 0 Å². The summed E-state index contributed by atoms with van der Waals surface area (Å²) in [4.78, 5) is 0. The van der Waals surface area contributed by atoms with E-state index in [-0.39, 0.29) is 0 Å². The number of nitrogens with one attached hydrogen (secondary N) is 1. The summed E-state index contributed by atoms with van der Waals surface area (Å²) in [6.07, 6.45) is 2.09. The first-order valence-corrected chi connectivity index (χ1v) is 6.25. The normalized spacial score (nSPS) is 12.2. The molecule has 0 heterocycles. The molecule has 84 valence electrons. The average Bonchev–Trinajstić information content (AvgIpc) is 2.21. The van der Waals surface area contributed by atoms with Gasteiger partial charge in [-0.05, 0) is 25.3 Å². The summed E-state index contributed by atoms with van der Waals surface area (Å²) in [6, 6.07) is 6.10. The van der Waals surface area contributed by atoms with Crippen LogP contribution in [0.15, 0.2) is 18.2 Å². The number of anilines is 2. The summed E-state index contributed by atoms with van der Waals surface area (Å²) in [5.41, 5.74) is 7.59. The Morgan fingerprint density at radius 2 is 2.27 bits per heavy atom. The Bertz CT molecular complexity index is 317. The maximum absolute atomic E-state index is 5.89. The van der Waals surface area contributed by atoms with E-state index in [1.165, 1.54) is 0 Å². The van der Waals surface area contributed by atoms with Crippen molar-refractivity contribution in [3.8, 4) is 5.75 Å². The molecule has 0 spiro atoms. The van der Waals surface area contributed by atoms with Gasteiger partial charge < -0.3 is 15.8 Å². The SMILES string of the molecule is COc1ccc(NC(C)CSC)c(N)c1. The van der Waals surface area contributed by atoms with Gasteiger partial charge in [-0.25, -0.2) is 0 Å². The fourth-order valence-corrected chi connectivity index (χ4v) is 1.94. The zero-order valence-electron chi connectivity index (χ0n) is 9.41. The average molecular weight is 226 g/mol. The van der Waals surface area contributed by atoms with E-state index in [4.69, 9.17) is 10.5 Å². The summed E-state index contributed by atoms with van der Waals surface area (Å²) in [5, 5.41) is 3.36. The van der Waals surface area contributed by atoms with Crippen molar-refractivity contribution in [1.29, 1.82) is 0 Å². The van der Waals surface area contributed by atoms with Crippen molar-refractivity contribution in [2.75, 3.05) is 30.2 Å². The van der Waals surface area contributed by atoms with Crippen molar-refractivity contribution < 1.29 is 4.74 Å². The molecule has 0 bridgehead atoms. The van der Waals surface area contributed by atoms with Gasteiger partial charge in [0, 0.05) is 17.9 Å². The molecular weight excluding hydrogens is 208 g/mol. The predicted octanol–water partition coefficient (Wildman–Crippen LogP) is 2.44. The lowest BCUT2D eigenvalue weighted by Crippen LogP contribution is -2.18. The fourth-order valence-electron chi connectivity index (χ4n) is 1.36.